The molecule has 1 aromatic heterocycles. The Bertz CT molecular complexity index is 330. The zero-order chi connectivity index (χ0) is 9.84. The van der Waals surface area contributed by atoms with E-state index in [0.29, 0.717) is 12.2 Å². The summed E-state index contributed by atoms with van der Waals surface area (Å²) in [5.41, 5.74) is 0.424. The van der Waals surface area contributed by atoms with E-state index in [1.54, 1.807) is 18.3 Å². The molecule has 0 aliphatic heterocycles. The number of thiophene rings is 1. The number of esters is 1. The van der Waals surface area contributed by atoms with E-state index in [1.165, 1.54) is 0 Å². The Hall–Kier alpha value is -0.610. The second kappa shape index (κ2) is 4.58. The van der Waals surface area contributed by atoms with Crippen molar-refractivity contribution in [1.82, 2.24) is 0 Å². The molecule has 0 atom stereocenters. The van der Waals surface area contributed by atoms with E-state index in [-0.39, 0.29) is 5.97 Å². The van der Waals surface area contributed by atoms with Crippen LogP contribution in [-0.4, -0.2) is 5.97 Å². The van der Waals surface area contributed by atoms with Gasteiger partial charge in [0.05, 0.1) is 4.88 Å². The predicted molar refractivity (Wildman–Crippen MR) is 56.6 cm³/mol. The van der Waals surface area contributed by atoms with Crippen LogP contribution in [0.15, 0.2) is 28.1 Å². The number of rotatable bonds is 3. The minimum absolute atomic E-state index is 0.309. The summed E-state index contributed by atoms with van der Waals surface area (Å²) in [4.78, 5) is 12.0. The van der Waals surface area contributed by atoms with Gasteiger partial charge in [0.15, 0.2) is 0 Å². The number of hydrogen-bond donors (Lipinski definition) is 0. The van der Waals surface area contributed by atoms with Crippen LogP contribution < -0.4 is 0 Å². The van der Waals surface area contributed by atoms with Gasteiger partial charge in [-0.3, -0.25) is 0 Å². The average Bonchev–Trinajstić information content (AvgIpc) is 2.47. The van der Waals surface area contributed by atoms with Gasteiger partial charge in [0.1, 0.15) is 6.61 Å². The first-order chi connectivity index (χ1) is 6.11. The van der Waals surface area contributed by atoms with Crippen LogP contribution in [0.25, 0.3) is 0 Å². The Morgan fingerprint density at radius 2 is 2.46 bits per heavy atom. The molecule has 0 radical (unpaired) electrons. The molecule has 0 saturated heterocycles. The fourth-order valence-corrected chi connectivity index (χ4v) is 2.06. The van der Waals surface area contributed by atoms with Gasteiger partial charge < -0.3 is 4.74 Å². The zero-order valence-electron chi connectivity index (χ0n) is 7.17. The quantitative estimate of drug-likeness (QED) is 0.617. The van der Waals surface area contributed by atoms with Crippen molar-refractivity contribution in [3.8, 4) is 0 Å². The maximum atomic E-state index is 11.0. The third-order valence-electron chi connectivity index (χ3n) is 1.37. The summed E-state index contributed by atoms with van der Waals surface area (Å²) >= 11 is 4.90. The molecule has 0 unspecified atom stereocenters. The number of halogens is 1. The molecular weight excluding hydrogens is 252 g/mol. The van der Waals surface area contributed by atoms with Gasteiger partial charge in [-0.05, 0) is 34.3 Å². The smallest absolute Gasteiger partial charge is 0.333 e. The maximum Gasteiger partial charge on any atom is 0.333 e. The van der Waals surface area contributed by atoms with Crippen molar-refractivity contribution in [2.75, 3.05) is 0 Å². The van der Waals surface area contributed by atoms with Gasteiger partial charge in [-0.15, -0.1) is 11.3 Å². The van der Waals surface area contributed by atoms with Crippen LogP contribution in [-0.2, 0) is 16.1 Å². The summed E-state index contributed by atoms with van der Waals surface area (Å²) in [6.45, 7) is 5.43. The standard InChI is InChI=1S/C9H9BrO2S/c1-6(2)9(11)12-5-8-7(10)3-4-13-8/h3-4H,1,5H2,2H3. The van der Waals surface area contributed by atoms with E-state index >= 15 is 0 Å². The van der Waals surface area contributed by atoms with E-state index in [2.05, 4.69) is 22.5 Å². The number of ether oxygens (including phenoxy) is 1. The first-order valence-electron chi connectivity index (χ1n) is 3.65. The monoisotopic (exact) mass is 260 g/mol. The number of carbonyl (C=O) groups excluding carboxylic acids is 1. The Kier molecular flexibility index (Phi) is 3.69. The van der Waals surface area contributed by atoms with Gasteiger partial charge in [0.2, 0.25) is 0 Å². The minimum atomic E-state index is -0.347. The molecule has 70 valence electrons. The fraction of sp³-hybridized carbons (Fsp3) is 0.222. The first kappa shape index (κ1) is 10.5. The lowest BCUT2D eigenvalue weighted by molar-refractivity contribution is -0.140. The summed E-state index contributed by atoms with van der Waals surface area (Å²) in [6.07, 6.45) is 0. The first-order valence-corrected chi connectivity index (χ1v) is 5.33. The largest absolute Gasteiger partial charge is 0.457 e. The van der Waals surface area contributed by atoms with E-state index in [9.17, 15) is 4.79 Å². The fourth-order valence-electron chi connectivity index (χ4n) is 0.682. The molecule has 0 aliphatic carbocycles. The highest BCUT2D eigenvalue weighted by Gasteiger charge is 2.06. The van der Waals surface area contributed by atoms with Gasteiger partial charge in [-0.2, -0.15) is 0 Å². The van der Waals surface area contributed by atoms with Crippen molar-refractivity contribution in [2.24, 2.45) is 0 Å². The number of hydrogen-bond acceptors (Lipinski definition) is 3. The van der Waals surface area contributed by atoms with Crippen molar-refractivity contribution in [3.05, 3.63) is 32.9 Å². The van der Waals surface area contributed by atoms with Crippen LogP contribution in [0.3, 0.4) is 0 Å². The summed E-state index contributed by atoms with van der Waals surface area (Å²) in [5, 5.41) is 1.94. The lowest BCUT2D eigenvalue weighted by atomic mass is 10.4. The summed E-state index contributed by atoms with van der Waals surface area (Å²) in [7, 11) is 0. The molecule has 0 spiro atoms. The molecule has 0 N–H and O–H groups in total. The highest BCUT2D eigenvalue weighted by atomic mass is 79.9. The maximum absolute atomic E-state index is 11.0. The Balaban J connectivity index is 2.48. The molecular formula is C9H9BrO2S. The predicted octanol–water partition coefficient (Wildman–Crippen LogP) is 3.13. The molecule has 0 aliphatic rings. The molecule has 2 nitrogen and oxygen atoms in total. The van der Waals surface area contributed by atoms with Crippen molar-refractivity contribution < 1.29 is 9.53 Å². The third kappa shape index (κ3) is 2.97. The molecule has 0 bridgehead atoms. The van der Waals surface area contributed by atoms with Crippen LogP contribution in [0.1, 0.15) is 11.8 Å². The second-order valence-electron chi connectivity index (χ2n) is 2.55. The van der Waals surface area contributed by atoms with Crippen LogP contribution in [0.5, 0.6) is 0 Å². The van der Waals surface area contributed by atoms with Crippen LogP contribution in [0, 0.1) is 0 Å². The summed E-state index contributed by atoms with van der Waals surface area (Å²) in [5.74, 6) is -0.347. The molecule has 0 aromatic carbocycles. The van der Waals surface area contributed by atoms with Crippen molar-refractivity contribution in [2.45, 2.75) is 13.5 Å². The highest BCUT2D eigenvalue weighted by molar-refractivity contribution is 9.10. The van der Waals surface area contributed by atoms with Gasteiger partial charge in [-0.1, -0.05) is 6.58 Å². The normalized spacial score (nSPS) is 9.69. The molecule has 4 heteroatoms. The van der Waals surface area contributed by atoms with Gasteiger partial charge in [-0.25, -0.2) is 4.79 Å². The molecule has 0 amide bonds. The topological polar surface area (TPSA) is 26.3 Å². The van der Waals surface area contributed by atoms with E-state index in [0.717, 1.165) is 9.35 Å². The summed E-state index contributed by atoms with van der Waals surface area (Å²) in [6, 6.07) is 1.93. The van der Waals surface area contributed by atoms with Crippen LogP contribution >= 0.6 is 27.3 Å². The minimum Gasteiger partial charge on any atom is -0.457 e. The van der Waals surface area contributed by atoms with Crippen molar-refractivity contribution >= 4 is 33.2 Å². The zero-order valence-corrected chi connectivity index (χ0v) is 9.57. The molecule has 0 fully saturated rings. The molecule has 1 rings (SSSR count). The molecule has 13 heavy (non-hydrogen) atoms. The van der Waals surface area contributed by atoms with E-state index in [4.69, 9.17) is 4.74 Å². The number of carbonyl (C=O) groups is 1. The SMILES string of the molecule is C=C(C)C(=O)OCc1sccc1Br. The van der Waals surface area contributed by atoms with E-state index < -0.39 is 0 Å². The Labute approximate surface area is 89.3 Å². The third-order valence-corrected chi connectivity index (χ3v) is 3.27. The van der Waals surface area contributed by atoms with Gasteiger partial charge in [0.25, 0.3) is 0 Å². The second-order valence-corrected chi connectivity index (χ2v) is 4.40. The Morgan fingerprint density at radius 3 is 2.92 bits per heavy atom. The van der Waals surface area contributed by atoms with Gasteiger partial charge in [0, 0.05) is 10.0 Å². The molecule has 1 heterocycles. The molecule has 0 saturated carbocycles. The van der Waals surface area contributed by atoms with Crippen LogP contribution in [0.4, 0.5) is 0 Å². The van der Waals surface area contributed by atoms with Crippen molar-refractivity contribution in [1.29, 1.82) is 0 Å². The van der Waals surface area contributed by atoms with Crippen molar-refractivity contribution in [3.63, 3.8) is 0 Å². The summed E-state index contributed by atoms with van der Waals surface area (Å²) < 4.78 is 5.95. The molecule has 1 aromatic rings. The Morgan fingerprint density at radius 1 is 1.77 bits per heavy atom. The lowest BCUT2D eigenvalue weighted by Gasteiger charge is -2.02. The highest BCUT2D eigenvalue weighted by Crippen LogP contribution is 2.23. The van der Waals surface area contributed by atoms with Crippen LogP contribution in [0.2, 0.25) is 0 Å². The van der Waals surface area contributed by atoms with E-state index in [1.807, 2.05) is 11.4 Å². The van der Waals surface area contributed by atoms with Gasteiger partial charge >= 0.3 is 5.97 Å². The lowest BCUT2D eigenvalue weighted by Crippen LogP contribution is -2.04. The average molecular weight is 261 g/mol.